The van der Waals surface area contributed by atoms with E-state index in [0.29, 0.717) is 12.0 Å². The van der Waals surface area contributed by atoms with Crippen LogP contribution in [0.5, 0.6) is 0 Å². The largest absolute Gasteiger partial charge is 0.396 e. The Morgan fingerprint density at radius 1 is 1.50 bits per heavy atom. The number of hydrogen-bond donors (Lipinski definition) is 2. The maximum Gasteiger partial charge on any atom is 0.128 e. The van der Waals surface area contributed by atoms with E-state index in [9.17, 15) is 4.39 Å². The number of benzene rings is 1. The van der Waals surface area contributed by atoms with Crippen LogP contribution in [0.3, 0.4) is 0 Å². The zero-order valence-electron chi connectivity index (χ0n) is 8.33. The van der Waals surface area contributed by atoms with Crippen molar-refractivity contribution in [2.45, 2.75) is 25.8 Å². The molecule has 1 aromatic carbocycles. The van der Waals surface area contributed by atoms with Crippen molar-refractivity contribution >= 4 is 0 Å². The lowest BCUT2D eigenvalue weighted by Gasteiger charge is -2.15. The van der Waals surface area contributed by atoms with Gasteiger partial charge in [-0.05, 0) is 24.5 Å². The lowest BCUT2D eigenvalue weighted by Crippen LogP contribution is -2.15. The Morgan fingerprint density at radius 3 is 2.79 bits per heavy atom. The van der Waals surface area contributed by atoms with Crippen molar-refractivity contribution in [3.05, 3.63) is 35.1 Å². The molecule has 0 fully saturated rings. The van der Waals surface area contributed by atoms with Crippen LogP contribution in [-0.4, -0.2) is 11.7 Å². The minimum absolute atomic E-state index is 0.0152. The summed E-state index contributed by atoms with van der Waals surface area (Å²) in [6.07, 6.45) is 1.15. The molecule has 3 N–H and O–H groups in total. The Labute approximate surface area is 83.6 Å². The number of hydrogen-bond acceptors (Lipinski definition) is 2. The van der Waals surface area contributed by atoms with Crippen molar-refractivity contribution in [3.63, 3.8) is 0 Å². The Hall–Kier alpha value is -0.930. The molecule has 2 nitrogen and oxygen atoms in total. The van der Waals surface area contributed by atoms with Crippen LogP contribution < -0.4 is 5.73 Å². The third-order valence-electron chi connectivity index (χ3n) is 2.34. The van der Waals surface area contributed by atoms with Gasteiger partial charge in [0.05, 0.1) is 0 Å². The number of aliphatic hydroxyl groups is 1. The molecule has 0 radical (unpaired) electrons. The predicted molar refractivity (Wildman–Crippen MR) is 54.4 cm³/mol. The molecule has 0 aliphatic carbocycles. The second kappa shape index (κ2) is 5.08. The van der Waals surface area contributed by atoms with Gasteiger partial charge < -0.3 is 10.8 Å². The predicted octanol–water partition coefficient (Wildman–Crippen LogP) is 1.77. The standard InChI is InChI=1S/C11H16FNO/c1-2-8-4-3-5-9(12)11(8)10(13)6-7-14/h3-5,10,14H,2,6-7,13H2,1H3. The normalized spacial score (nSPS) is 12.9. The molecule has 0 heterocycles. The number of halogens is 1. The summed E-state index contributed by atoms with van der Waals surface area (Å²) in [7, 11) is 0. The quantitative estimate of drug-likeness (QED) is 0.772. The lowest BCUT2D eigenvalue weighted by atomic mass is 9.97. The van der Waals surface area contributed by atoms with E-state index in [1.165, 1.54) is 6.07 Å². The van der Waals surface area contributed by atoms with E-state index in [4.69, 9.17) is 10.8 Å². The van der Waals surface area contributed by atoms with Crippen LogP contribution in [0.15, 0.2) is 18.2 Å². The van der Waals surface area contributed by atoms with Crippen LogP contribution >= 0.6 is 0 Å². The lowest BCUT2D eigenvalue weighted by molar-refractivity contribution is 0.275. The van der Waals surface area contributed by atoms with E-state index in [1.807, 2.05) is 13.0 Å². The molecule has 1 aromatic rings. The first-order valence-electron chi connectivity index (χ1n) is 4.84. The number of aliphatic hydroxyl groups excluding tert-OH is 1. The fourth-order valence-electron chi connectivity index (χ4n) is 1.59. The molecule has 1 atom stereocenters. The van der Waals surface area contributed by atoms with Gasteiger partial charge in [-0.2, -0.15) is 0 Å². The van der Waals surface area contributed by atoms with Gasteiger partial charge in [0.25, 0.3) is 0 Å². The molecule has 1 unspecified atom stereocenters. The SMILES string of the molecule is CCc1cccc(F)c1C(N)CCO. The highest BCUT2D eigenvalue weighted by atomic mass is 19.1. The van der Waals surface area contributed by atoms with Crippen LogP contribution in [0, 0.1) is 5.82 Å². The molecule has 14 heavy (non-hydrogen) atoms. The zero-order valence-corrected chi connectivity index (χ0v) is 8.33. The molecule has 0 aliphatic heterocycles. The molecule has 0 saturated heterocycles. The molecular weight excluding hydrogens is 181 g/mol. The van der Waals surface area contributed by atoms with Gasteiger partial charge in [0, 0.05) is 18.2 Å². The summed E-state index contributed by atoms with van der Waals surface area (Å²) in [5.41, 5.74) is 7.25. The fourth-order valence-corrected chi connectivity index (χ4v) is 1.59. The number of nitrogens with two attached hydrogens (primary N) is 1. The second-order valence-electron chi connectivity index (χ2n) is 3.28. The minimum Gasteiger partial charge on any atom is -0.396 e. The summed E-state index contributed by atoms with van der Waals surface area (Å²) in [5, 5.41) is 8.75. The Balaban J connectivity index is 3.03. The highest BCUT2D eigenvalue weighted by molar-refractivity contribution is 5.31. The monoisotopic (exact) mass is 197 g/mol. The Bertz CT molecular complexity index is 301. The van der Waals surface area contributed by atoms with Crippen molar-refractivity contribution in [3.8, 4) is 0 Å². The van der Waals surface area contributed by atoms with Gasteiger partial charge in [0.15, 0.2) is 0 Å². The van der Waals surface area contributed by atoms with Crippen LogP contribution in [0.4, 0.5) is 4.39 Å². The average molecular weight is 197 g/mol. The smallest absolute Gasteiger partial charge is 0.128 e. The molecule has 0 saturated carbocycles. The van der Waals surface area contributed by atoms with Crippen molar-refractivity contribution in [1.29, 1.82) is 0 Å². The summed E-state index contributed by atoms with van der Waals surface area (Å²) in [6.45, 7) is 1.95. The molecular formula is C11H16FNO. The van der Waals surface area contributed by atoms with Crippen LogP contribution in [0.25, 0.3) is 0 Å². The van der Waals surface area contributed by atoms with Crippen LogP contribution in [0.2, 0.25) is 0 Å². The summed E-state index contributed by atoms with van der Waals surface area (Å²) >= 11 is 0. The molecule has 78 valence electrons. The molecule has 0 aromatic heterocycles. The first-order valence-corrected chi connectivity index (χ1v) is 4.84. The van der Waals surface area contributed by atoms with E-state index >= 15 is 0 Å². The summed E-state index contributed by atoms with van der Waals surface area (Å²) in [6, 6.07) is 4.56. The molecule has 0 bridgehead atoms. The molecule has 0 spiro atoms. The maximum absolute atomic E-state index is 13.4. The summed E-state index contributed by atoms with van der Waals surface area (Å²) in [5.74, 6) is -0.273. The number of aryl methyl sites for hydroxylation is 1. The van der Waals surface area contributed by atoms with Gasteiger partial charge in [-0.25, -0.2) is 4.39 Å². The summed E-state index contributed by atoms with van der Waals surface area (Å²) < 4.78 is 13.4. The second-order valence-corrected chi connectivity index (χ2v) is 3.28. The van der Waals surface area contributed by atoms with Gasteiger partial charge in [-0.1, -0.05) is 19.1 Å². The highest BCUT2D eigenvalue weighted by Gasteiger charge is 2.14. The third-order valence-corrected chi connectivity index (χ3v) is 2.34. The van der Waals surface area contributed by atoms with Gasteiger partial charge >= 0.3 is 0 Å². The first kappa shape index (κ1) is 11.1. The Kier molecular flexibility index (Phi) is 4.04. The van der Waals surface area contributed by atoms with E-state index in [1.54, 1.807) is 6.07 Å². The van der Waals surface area contributed by atoms with Crippen molar-refractivity contribution in [1.82, 2.24) is 0 Å². The number of rotatable bonds is 4. The van der Waals surface area contributed by atoms with Crippen molar-refractivity contribution in [2.75, 3.05) is 6.61 Å². The Morgan fingerprint density at radius 2 is 2.21 bits per heavy atom. The molecule has 0 amide bonds. The van der Waals surface area contributed by atoms with E-state index < -0.39 is 6.04 Å². The van der Waals surface area contributed by atoms with Crippen molar-refractivity contribution < 1.29 is 9.50 Å². The van der Waals surface area contributed by atoms with Gasteiger partial charge in [0.2, 0.25) is 0 Å². The van der Waals surface area contributed by atoms with Crippen LogP contribution in [0.1, 0.15) is 30.5 Å². The van der Waals surface area contributed by atoms with Crippen molar-refractivity contribution in [2.24, 2.45) is 5.73 Å². The van der Waals surface area contributed by atoms with E-state index in [2.05, 4.69) is 0 Å². The fraction of sp³-hybridized carbons (Fsp3) is 0.455. The first-order chi connectivity index (χ1) is 6.70. The van der Waals surface area contributed by atoms with Gasteiger partial charge in [0.1, 0.15) is 5.82 Å². The zero-order chi connectivity index (χ0) is 10.6. The maximum atomic E-state index is 13.4. The highest BCUT2D eigenvalue weighted by Crippen LogP contribution is 2.22. The van der Waals surface area contributed by atoms with Gasteiger partial charge in [-0.15, -0.1) is 0 Å². The van der Waals surface area contributed by atoms with Crippen LogP contribution in [-0.2, 0) is 6.42 Å². The topological polar surface area (TPSA) is 46.2 Å². The van der Waals surface area contributed by atoms with E-state index in [-0.39, 0.29) is 12.4 Å². The average Bonchev–Trinajstić information content (AvgIpc) is 2.17. The van der Waals surface area contributed by atoms with E-state index in [0.717, 1.165) is 12.0 Å². The molecule has 1 rings (SSSR count). The summed E-state index contributed by atoms with van der Waals surface area (Å²) in [4.78, 5) is 0. The van der Waals surface area contributed by atoms with Gasteiger partial charge in [-0.3, -0.25) is 0 Å². The third kappa shape index (κ3) is 2.30. The molecule has 3 heteroatoms. The minimum atomic E-state index is -0.406. The molecule has 0 aliphatic rings.